The van der Waals surface area contributed by atoms with Gasteiger partial charge in [-0.3, -0.25) is 14.5 Å². The first-order valence-corrected chi connectivity index (χ1v) is 7.67. The van der Waals surface area contributed by atoms with Gasteiger partial charge in [0.1, 0.15) is 12.6 Å². The van der Waals surface area contributed by atoms with Gasteiger partial charge in [-0.05, 0) is 30.5 Å². The van der Waals surface area contributed by atoms with Gasteiger partial charge in [-0.2, -0.15) is 13.2 Å². The number of aryl methyl sites for hydroxylation is 1. The van der Waals surface area contributed by atoms with Crippen LogP contribution >= 0.6 is 0 Å². The predicted molar refractivity (Wildman–Crippen MR) is 83.5 cm³/mol. The van der Waals surface area contributed by atoms with E-state index >= 15 is 0 Å². The topological polar surface area (TPSA) is 75.4 Å². The summed E-state index contributed by atoms with van der Waals surface area (Å²) in [5.41, 5.74) is 7.99. The molecule has 1 unspecified atom stereocenters. The number of halogens is 3. The van der Waals surface area contributed by atoms with E-state index in [1.807, 2.05) is 18.3 Å². The monoisotopic (exact) mass is 343 g/mol. The number of amides is 2. The Hall–Kier alpha value is -2.09. The van der Waals surface area contributed by atoms with E-state index in [-0.39, 0.29) is 6.42 Å². The highest BCUT2D eigenvalue weighted by Crippen LogP contribution is 2.35. The minimum Gasteiger partial charge on any atom is -0.345 e. The van der Waals surface area contributed by atoms with Crippen molar-refractivity contribution in [3.8, 4) is 0 Å². The lowest BCUT2D eigenvalue weighted by atomic mass is 10.0. The molecule has 24 heavy (non-hydrogen) atoms. The lowest BCUT2D eigenvalue weighted by molar-refractivity contribution is -0.139. The van der Waals surface area contributed by atoms with E-state index < -0.39 is 36.6 Å². The minimum atomic E-state index is -4.51. The van der Waals surface area contributed by atoms with Crippen molar-refractivity contribution in [3.63, 3.8) is 0 Å². The van der Waals surface area contributed by atoms with Crippen LogP contribution in [-0.4, -0.2) is 36.6 Å². The van der Waals surface area contributed by atoms with Crippen LogP contribution in [0.2, 0.25) is 0 Å². The molecular weight excluding hydrogens is 323 g/mol. The summed E-state index contributed by atoms with van der Waals surface area (Å²) in [7, 11) is 0. The maximum absolute atomic E-state index is 12.6. The third-order valence-electron chi connectivity index (χ3n) is 4.11. The molecule has 132 valence electrons. The molecular formula is C16H20F3N3O2. The molecule has 8 heteroatoms. The van der Waals surface area contributed by atoms with Gasteiger partial charge in [-0.1, -0.05) is 19.1 Å². The van der Waals surface area contributed by atoms with Gasteiger partial charge in [-0.25, -0.2) is 0 Å². The van der Waals surface area contributed by atoms with Crippen molar-refractivity contribution in [2.45, 2.75) is 44.9 Å². The van der Waals surface area contributed by atoms with E-state index in [2.05, 4.69) is 0 Å². The van der Waals surface area contributed by atoms with E-state index in [1.165, 1.54) is 4.90 Å². The average Bonchev–Trinajstić information content (AvgIpc) is 2.91. The molecule has 1 aromatic carbocycles. The number of rotatable bonds is 4. The van der Waals surface area contributed by atoms with Gasteiger partial charge < -0.3 is 11.1 Å². The largest absolute Gasteiger partial charge is 0.405 e. The predicted octanol–water partition coefficient (Wildman–Crippen LogP) is 1.67. The molecule has 0 radical (unpaired) electrons. The number of hydrogen-bond acceptors (Lipinski definition) is 3. The maximum Gasteiger partial charge on any atom is 0.405 e. The number of nitrogens with one attached hydrogen (secondary N) is 1. The van der Waals surface area contributed by atoms with Gasteiger partial charge in [0.2, 0.25) is 11.8 Å². The molecule has 5 nitrogen and oxygen atoms in total. The van der Waals surface area contributed by atoms with Crippen LogP contribution in [-0.2, 0) is 16.0 Å². The zero-order chi connectivity index (χ0) is 18.1. The van der Waals surface area contributed by atoms with Crippen LogP contribution in [0.3, 0.4) is 0 Å². The summed E-state index contributed by atoms with van der Waals surface area (Å²) in [5, 5.41) is 1.86. The molecule has 1 aromatic rings. The Kier molecular flexibility index (Phi) is 5.17. The Morgan fingerprint density at radius 2 is 2.08 bits per heavy atom. The molecule has 0 saturated carbocycles. The standard InChI is InChI=1S/C16H20F3N3O2/c1-3-11(20)15(24)22-12-6-4-5-9(2)10(12)7-13(22)14(23)21-8-16(17,18)19/h4-6,11,13H,3,7-8,20H2,1-2H3,(H,21,23)/t11-,13?/m0/s1. The second kappa shape index (κ2) is 6.80. The molecule has 1 aliphatic rings. The quantitative estimate of drug-likeness (QED) is 0.873. The van der Waals surface area contributed by atoms with Crippen molar-refractivity contribution >= 4 is 17.5 Å². The van der Waals surface area contributed by atoms with Crippen LogP contribution in [0.15, 0.2) is 18.2 Å². The number of carbonyl (C=O) groups is 2. The van der Waals surface area contributed by atoms with E-state index in [0.29, 0.717) is 12.1 Å². The van der Waals surface area contributed by atoms with Crippen LogP contribution in [0.5, 0.6) is 0 Å². The minimum absolute atomic E-state index is 0.174. The molecule has 1 aliphatic heterocycles. The lowest BCUT2D eigenvalue weighted by Gasteiger charge is -2.27. The zero-order valence-electron chi connectivity index (χ0n) is 13.5. The highest BCUT2D eigenvalue weighted by molar-refractivity contribution is 6.05. The number of alkyl halides is 3. The van der Waals surface area contributed by atoms with Gasteiger partial charge in [0.25, 0.3) is 0 Å². The molecule has 0 spiro atoms. The Morgan fingerprint density at radius 1 is 1.42 bits per heavy atom. The Bertz CT molecular complexity index is 646. The van der Waals surface area contributed by atoms with Crippen LogP contribution < -0.4 is 16.0 Å². The van der Waals surface area contributed by atoms with E-state index in [9.17, 15) is 22.8 Å². The van der Waals surface area contributed by atoms with Crippen LogP contribution in [0.1, 0.15) is 24.5 Å². The molecule has 3 N–H and O–H groups in total. The number of fused-ring (bicyclic) bond motifs is 1. The van der Waals surface area contributed by atoms with Crippen molar-refractivity contribution in [2.75, 3.05) is 11.4 Å². The van der Waals surface area contributed by atoms with Gasteiger partial charge in [0.15, 0.2) is 0 Å². The van der Waals surface area contributed by atoms with E-state index in [1.54, 1.807) is 19.1 Å². The fraction of sp³-hybridized carbons (Fsp3) is 0.500. The van der Waals surface area contributed by atoms with Gasteiger partial charge in [0.05, 0.1) is 6.04 Å². The first-order chi connectivity index (χ1) is 11.2. The highest BCUT2D eigenvalue weighted by Gasteiger charge is 2.41. The highest BCUT2D eigenvalue weighted by atomic mass is 19.4. The number of nitrogens with two attached hydrogens (primary N) is 1. The van der Waals surface area contributed by atoms with Crippen molar-refractivity contribution in [2.24, 2.45) is 5.73 Å². The fourth-order valence-corrected chi connectivity index (χ4v) is 2.77. The van der Waals surface area contributed by atoms with Crippen LogP contribution in [0, 0.1) is 6.92 Å². The third kappa shape index (κ3) is 3.69. The van der Waals surface area contributed by atoms with Crippen molar-refractivity contribution < 1.29 is 22.8 Å². The summed E-state index contributed by atoms with van der Waals surface area (Å²) in [6, 6.07) is 3.42. The average molecular weight is 343 g/mol. The van der Waals surface area contributed by atoms with Crippen LogP contribution in [0.25, 0.3) is 0 Å². The van der Waals surface area contributed by atoms with Gasteiger partial charge in [-0.15, -0.1) is 0 Å². The molecule has 0 fully saturated rings. The zero-order valence-corrected chi connectivity index (χ0v) is 13.5. The summed E-state index contributed by atoms with van der Waals surface area (Å²) >= 11 is 0. The molecule has 0 aromatic heterocycles. The number of benzene rings is 1. The number of carbonyl (C=O) groups excluding carboxylic acids is 2. The maximum atomic E-state index is 12.6. The first-order valence-electron chi connectivity index (χ1n) is 7.67. The van der Waals surface area contributed by atoms with E-state index in [0.717, 1.165) is 11.1 Å². The SMILES string of the molecule is CC[C@H](N)C(=O)N1c2cccc(C)c2CC1C(=O)NCC(F)(F)F. The van der Waals surface area contributed by atoms with Crippen molar-refractivity contribution in [1.82, 2.24) is 5.32 Å². The summed E-state index contributed by atoms with van der Waals surface area (Å²) in [4.78, 5) is 26.1. The number of hydrogen-bond donors (Lipinski definition) is 2. The molecule has 0 bridgehead atoms. The fourth-order valence-electron chi connectivity index (χ4n) is 2.77. The second-order valence-corrected chi connectivity index (χ2v) is 5.85. The molecule has 2 amide bonds. The van der Waals surface area contributed by atoms with Crippen molar-refractivity contribution in [1.29, 1.82) is 0 Å². The number of nitrogens with zero attached hydrogens (tertiary/aromatic N) is 1. The summed E-state index contributed by atoms with van der Waals surface area (Å²) in [6.07, 6.45) is -3.97. The Balaban J connectivity index is 2.31. The number of anilines is 1. The normalized spacial score (nSPS) is 18.2. The third-order valence-corrected chi connectivity index (χ3v) is 4.11. The smallest absolute Gasteiger partial charge is 0.345 e. The lowest BCUT2D eigenvalue weighted by Crippen LogP contribution is -2.53. The first kappa shape index (κ1) is 18.3. The molecule has 2 atom stereocenters. The Morgan fingerprint density at radius 3 is 2.67 bits per heavy atom. The molecule has 0 aliphatic carbocycles. The Labute approximate surface area is 138 Å². The summed E-state index contributed by atoms with van der Waals surface area (Å²) in [5.74, 6) is -1.30. The summed E-state index contributed by atoms with van der Waals surface area (Å²) in [6.45, 7) is 2.13. The summed E-state index contributed by atoms with van der Waals surface area (Å²) < 4.78 is 37.1. The van der Waals surface area contributed by atoms with E-state index in [4.69, 9.17) is 5.73 Å². The van der Waals surface area contributed by atoms with Crippen LogP contribution in [0.4, 0.5) is 18.9 Å². The second-order valence-electron chi connectivity index (χ2n) is 5.85. The molecule has 1 heterocycles. The van der Waals surface area contributed by atoms with Crippen molar-refractivity contribution in [3.05, 3.63) is 29.3 Å². The molecule has 0 saturated heterocycles. The van der Waals surface area contributed by atoms with Gasteiger partial charge in [0, 0.05) is 12.1 Å². The molecule has 2 rings (SSSR count). The van der Waals surface area contributed by atoms with Gasteiger partial charge >= 0.3 is 6.18 Å².